The molecule has 0 aliphatic rings. The summed E-state index contributed by atoms with van der Waals surface area (Å²) in [4.78, 5) is 4.78. The van der Waals surface area contributed by atoms with Crippen molar-refractivity contribution in [3.05, 3.63) is 54.4 Å². The van der Waals surface area contributed by atoms with Gasteiger partial charge in [0.15, 0.2) is 0 Å². The predicted octanol–water partition coefficient (Wildman–Crippen LogP) is 4.04. The molecular formula is C19H23N3O. The zero-order valence-corrected chi connectivity index (χ0v) is 13.5. The Labute approximate surface area is 136 Å². The van der Waals surface area contributed by atoms with Gasteiger partial charge in [0.25, 0.3) is 0 Å². The molecule has 2 N–H and O–H groups in total. The van der Waals surface area contributed by atoms with Gasteiger partial charge in [0.1, 0.15) is 18.2 Å². The van der Waals surface area contributed by atoms with Crippen LogP contribution < -0.4 is 10.5 Å². The zero-order chi connectivity index (χ0) is 16.1. The van der Waals surface area contributed by atoms with Crippen LogP contribution in [0.15, 0.2) is 48.5 Å². The Morgan fingerprint density at radius 3 is 2.83 bits per heavy atom. The second-order valence-corrected chi connectivity index (χ2v) is 5.69. The van der Waals surface area contributed by atoms with Gasteiger partial charge in [-0.3, -0.25) is 0 Å². The number of ether oxygens (including phenoxy) is 1. The van der Waals surface area contributed by atoms with Crippen LogP contribution in [0.1, 0.15) is 25.6 Å². The summed E-state index contributed by atoms with van der Waals surface area (Å²) in [6.45, 7) is 3.59. The van der Waals surface area contributed by atoms with E-state index in [1.807, 2.05) is 30.3 Å². The molecule has 0 radical (unpaired) electrons. The molecule has 0 saturated heterocycles. The van der Waals surface area contributed by atoms with Crippen LogP contribution in [0, 0.1) is 0 Å². The van der Waals surface area contributed by atoms with Gasteiger partial charge in [0, 0.05) is 18.2 Å². The molecule has 0 aliphatic heterocycles. The molecule has 0 fully saturated rings. The Morgan fingerprint density at radius 2 is 2.00 bits per heavy atom. The molecule has 4 heteroatoms. The van der Waals surface area contributed by atoms with Gasteiger partial charge in [0.05, 0.1) is 17.6 Å². The van der Waals surface area contributed by atoms with E-state index in [1.165, 1.54) is 11.9 Å². The third-order valence-corrected chi connectivity index (χ3v) is 3.93. The number of fused-ring (bicyclic) bond motifs is 1. The molecule has 3 aromatic rings. The fourth-order valence-corrected chi connectivity index (χ4v) is 2.76. The van der Waals surface area contributed by atoms with Crippen LogP contribution in [0.5, 0.6) is 5.75 Å². The van der Waals surface area contributed by atoms with Gasteiger partial charge >= 0.3 is 0 Å². The van der Waals surface area contributed by atoms with E-state index in [1.54, 1.807) is 0 Å². The second kappa shape index (κ2) is 7.18. The number of nitrogens with zero attached hydrogens (tertiary/aromatic N) is 2. The van der Waals surface area contributed by atoms with Crippen LogP contribution in [0.2, 0.25) is 0 Å². The lowest BCUT2D eigenvalue weighted by molar-refractivity contribution is 0.298. The zero-order valence-electron chi connectivity index (χ0n) is 13.5. The Balaban J connectivity index is 1.75. The molecule has 0 bridgehead atoms. The minimum Gasteiger partial charge on any atom is -0.492 e. The van der Waals surface area contributed by atoms with Gasteiger partial charge in [-0.1, -0.05) is 31.5 Å². The molecule has 0 unspecified atom stereocenters. The van der Waals surface area contributed by atoms with Gasteiger partial charge in [-0.2, -0.15) is 0 Å². The van der Waals surface area contributed by atoms with Gasteiger partial charge < -0.3 is 15.0 Å². The van der Waals surface area contributed by atoms with E-state index in [0.717, 1.165) is 42.2 Å². The lowest BCUT2D eigenvalue weighted by Gasteiger charge is -2.11. The van der Waals surface area contributed by atoms with Crippen molar-refractivity contribution in [3.63, 3.8) is 0 Å². The van der Waals surface area contributed by atoms with Crippen molar-refractivity contribution < 1.29 is 4.74 Å². The van der Waals surface area contributed by atoms with Crippen molar-refractivity contribution in [1.29, 1.82) is 0 Å². The molecule has 0 amide bonds. The van der Waals surface area contributed by atoms with Crippen molar-refractivity contribution in [3.8, 4) is 5.75 Å². The number of unbranched alkanes of at least 4 members (excludes halogenated alkanes) is 1. The summed E-state index contributed by atoms with van der Waals surface area (Å²) in [7, 11) is 0. The van der Waals surface area contributed by atoms with Crippen molar-refractivity contribution in [2.45, 2.75) is 32.7 Å². The molecule has 1 heterocycles. The maximum Gasteiger partial charge on any atom is 0.121 e. The minimum atomic E-state index is 0.600. The molecule has 4 nitrogen and oxygen atoms in total. The third-order valence-electron chi connectivity index (χ3n) is 3.93. The summed E-state index contributed by atoms with van der Waals surface area (Å²) in [6, 6.07) is 15.8. The fraction of sp³-hybridized carbons (Fsp3) is 0.316. The number of hydrogen-bond donors (Lipinski definition) is 1. The monoisotopic (exact) mass is 309 g/mol. The van der Waals surface area contributed by atoms with Gasteiger partial charge in [0.2, 0.25) is 0 Å². The molecule has 0 spiro atoms. The maximum atomic E-state index is 5.84. The number of rotatable bonds is 7. The third kappa shape index (κ3) is 3.65. The highest BCUT2D eigenvalue weighted by molar-refractivity contribution is 5.75. The molecule has 23 heavy (non-hydrogen) atoms. The standard InChI is InChI=1S/C19H23N3O/c1-2-3-11-19-21-17-9-4-5-10-18(17)22(19)12-13-23-16-8-6-7-15(20)14-16/h4-10,14H,2-3,11-13,20H2,1H3. The summed E-state index contributed by atoms with van der Waals surface area (Å²) in [5, 5.41) is 0. The molecule has 2 aromatic carbocycles. The van der Waals surface area contributed by atoms with Gasteiger partial charge in [-0.25, -0.2) is 4.98 Å². The summed E-state index contributed by atoms with van der Waals surface area (Å²) < 4.78 is 8.12. The first kappa shape index (κ1) is 15.4. The van der Waals surface area contributed by atoms with E-state index >= 15 is 0 Å². The largest absolute Gasteiger partial charge is 0.492 e. The summed E-state index contributed by atoms with van der Waals surface area (Å²) >= 11 is 0. The van der Waals surface area contributed by atoms with E-state index in [-0.39, 0.29) is 0 Å². The van der Waals surface area contributed by atoms with Gasteiger partial charge in [-0.05, 0) is 30.7 Å². The van der Waals surface area contributed by atoms with Crippen LogP contribution in [-0.2, 0) is 13.0 Å². The van der Waals surface area contributed by atoms with Gasteiger partial charge in [-0.15, -0.1) is 0 Å². The molecular weight excluding hydrogens is 286 g/mol. The summed E-state index contributed by atoms with van der Waals surface area (Å²) in [6.07, 6.45) is 3.33. The van der Waals surface area contributed by atoms with Crippen LogP contribution in [0.25, 0.3) is 11.0 Å². The number of benzene rings is 2. The Morgan fingerprint density at radius 1 is 1.13 bits per heavy atom. The number of hydrogen-bond acceptors (Lipinski definition) is 3. The van der Waals surface area contributed by atoms with E-state index in [0.29, 0.717) is 6.61 Å². The molecule has 120 valence electrons. The van der Waals surface area contributed by atoms with Crippen molar-refractivity contribution in [1.82, 2.24) is 9.55 Å². The first-order valence-corrected chi connectivity index (χ1v) is 8.20. The lowest BCUT2D eigenvalue weighted by Crippen LogP contribution is -2.11. The number of para-hydroxylation sites is 2. The normalized spacial score (nSPS) is 11.0. The molecule has 1 aromatic heterocycles. The maximum absolute atomic E-state index is 5.84. The van der Waals surface area contributed by atoms with Crippen molar-refractivity contribution in [2.75, 3.05) is 12.3 Å². The van der Waals surface area contributed by atoms with E-state index in [9.17, 15) is 0 Å². The lowest BCUT2D eigenvalue weighted by atomic mass is 10.2. The number of imidazole rings is 1. The van der Waals surface area contributed by atoms with Crippen molar-refractivity contribution >= 4 is 16.7 Å². The highest BCUT2D eigenvalue weighted by Crippen LogP contribution is 2.19. The van der Waals surface area contributed by atoms with E-state index < -0.39 is 0 Å². The fourth-order valence-electron chi connectivity index (χ4n) is 2.76. The summed E-state index contributed by atoms with van der Waals surface area (Å²) in [5.74, 6) is 1.95. The quantitative estimate of drug-likeness (QED) is 0.670. The first-order chi connectivity index (χ1) is 11.3. The summed E-state index contributed by atoms with van der Waals surface area (Å²) in [5.41, 5.74) is 8.74. The van der Waals surface area contributed by atoms with Crippen LogP contribution in [-0.4, -0.2) is 16.2 Å². The Hall–Kier alpha value is -2.49. The SMILES string of the molecule is CCCCc1nc2ccccc2n1CCOc1cccc(N)c1. The molecule has 3 rings (SSSR count). The average molecular weight is 309 g/mol. The smallest absolute Gasteiger partial charge is 0.121 e. The van der Waals surface area contributed by atoms with Crippen LogP contribution in [0.3, 0.4) is 0 Å². The predicted molar refractivity (Wildman–Crippen MR) is 94.7 cm³/mol. The number of anilines is 1. The second-order valence-electron chi connectivity index (χ2n) is 5.69. The number of aryl methyl sites for hydroxylation is 1. The number of nitrogens with two attached hydrogens (primary N) is 1. The van der Waals surface area contributed by atoms with E-state index in [2.05, 4.69) is 29.7 Å². The first-order valence-electron chi connectivity index (χ1n) is 8.20. The number of nitrogen functional groups attached to an aromatic ring is 1. The molecule has 0 atom stereocenters. The Bertz CT molecular complexity index is 779. The molecule has 0 aliphatic carbocycles. The average Bonchev–Trinajstić information content (AvgIpc) is 2.91. The molecule has 0 saturated carbocycles. The number of aromatic nitrogens is 2. The van der Waals surface area contributed by atoms with E-state index in [4.69, 9.17) is 15.5 Å². The van der Waals surface area contributed by atoms with Crippen LogP contribution in [0.4, 0.5) is 5.69 Å². The highest BCUT2D eigenvalue weighted by atomic mass is 16.5. The highest BCUT2D eigenvalue weighted by Gasteiger charge is 2.09. The Kier molecular flexibility index (Phi) is 4.81. The van der Waals surface area contributed by atoms with Crippen molar-refractivity contribution in [2.24, 2.45) is 0 Å². The topological polar surface area (TPSA) is 53.1 Å². The minimum absolute atomic E-state index is 0.600. The van der Waals surface area contributed by atoms with Crippen LogP contribution >= 0.6 is 0 Å².